The molecule has 8 nitrogen and oxygen atoms in total. The Labute approximate surface area is 127 Å². The zero-order valence-corrected chi connectivity index (χ0v) is 12.4. The minimum Gasteiger partial charge on any atom is -0.465 e. The summed E-state index contributed by atoms with van der Waals surface area (Å²) in [6, 6.07) is 6.94. The summed E-state index contributed by atoms with van der Waals surface area (Å²) in [6.07, 6.45) is 1.39. The average molecular weight is 349 g/mol. The van der Waals surface area contributed by atoms with E-state index in [1.807, 2.05) is 6.07 Å². The number of carbonyl (C=O) groups is 1. The van der Waals surface area contributed by atoms with E-state index in [2.05, 4.69) is 41.9 Å². The van der Waals surface area contributed by atoms with Gasteiger partial charge in [-0.1, -0.05) is 15.9 Å². The molecule has 106 valence electrons. The minimum atomic E-state index is -0.489. The van der Waals surface area contributed by atoms with E-state index < -0.39 is 5.97 Å². The van der Waals surface area contributed by atoms with Gasteiger partial charge in [0.25, 0.3) is 0 Å². The highest BCUT2D eigenvalue weighted by molar-refractivity contribution is 9.10. The first-order valence-electron chi connectivity index (χ1n) is 5.64. The number of H-pyrrole nitrogens is 1. The third kappa shape index (κ3) is 3.43. The minimum absolute atomic E-state index is 0.152. The molecular formula is C12H9BrN6O2. The summed E-state index contributed by atoms with van der Waals surface area (Å²) in [5.41, 5.74) is 0.981. The van der Waals surface area contributed by atoms with Crippen LogP contribution in [0.15, 0.2) is 28.9 Å². The molecule has 0 aliphatic heterocycles. The number of tetrazole rings is 1. The third-order valence-corrected chi connectivity index (χ3v) is 2.96. The van der Waals surface area contributed by atoms with Crippen molar-refractivity contribution < 1.29 is 9.53 Å². The average Bonchev–Trinajstić information content (AvgIpc) is 3.01. The second-order valence-electron chi connectivity index (χ2n) is 3.73. The van der Waals surface area contributed by atoms with Crippen LogP contribution < -0.4 is 5.32 Å². The van der Waals surface area contributed by atoms with Gasteiger partial charge in [0.15, 0.2) is 0 Å². The Kier molecular flexibility index (Phi) is 4.63. The van der Waals surface area contributed by atoms with E-state index in [0.29, 0.717) is 11.3 Å². The lowest BCUT2D eigenvalue weighted by Gasteiger charge is -2.08. The van der Waals surface area contributed by atoms with Gasteiger partial charge < -0.3 is 10.1 Å². The largest absolute Gasteiger partial charge is 0.465 e. The van der Waals surface area contributed by atoms with Crippen LogP contribution in [0.5, 0.6) is 0 Å². The van der Waals surface area contributed by atoms with E-state index >= 15 is 0 Å². The van der Waals surface area contributed by atoms with Crippen LogP contribution in [0.2, 0.25) is 0 Å². The van der Waals surface area contributed by atoms with Crippen molar-refractivity contribution in [3.8, 4) is 6.07 Å². The second-order valence-corrected chi connectivity index (χ2v) is 4.65. The molecule has 0 radical (unpaired) electrons. The van der Waals surface area contributed by atoms with Crippen LogP contribution in [0.25, 0.3) is 5.57 Å². The predicted molar refractivity (Wildman–Crippen MR) is 76.9 cm³/mol. The number of hydrogen-bond acceptors (Lipinski definition) is 7. The van der Waals surface area contributed by atoms with Crippen molar-refractivity contribution in [2.24, 2.45) is 0 Å². The van der Waals surface area contributed by atoms with Gasteiger partial charge in [0, 0.05) is 10.7 Å². The highest BCUT2D eigenvalue weighted by atomic mass is 79.9. The summed E-state index contributed by atoms with van der Waals surface area (Å²) < 4.78 is 5.47. The summed E-state index contributed by atoms with van der Waals surface area (Å²) in [5.74, 6) is -0.337. The first kappa shape index (κ1) is 14.7. The Hall–Kier alpha value is -2.73. The maximum Gasteiger partial charge on any atom is 0.339 e. The highest BCUT2D eigenvalue weighted by Gasteiger charge is 2.12. The molecule has 0 amide bonds. The van der Waals surface area contributed by atoms with E-state index in [-0.39, 0.29) is 11.4 Å². The van der Waals surface area contributed by atoms with Crippen LogP contribution in [-0.2, 0) is 4.74 Å². The molecule has 0 saturated heterocycles. The van der Waals surface area contributed by atoms with Crippen molar-refractivity contribution in [3.63, 3.8) is 0 Å². The first-order valence-corrected chi connectivity index (χ1v) is 6.43. The number of halogens is 1. The van der Waals surface area contributed by atoms with Crippen LogP contribution in [0.1, 0.15) is 16.2 Å². The smallest absolute Gasteiger partial charge is 0.339 e. The van der Waals surface area contributed by atoms with Gasteiger partial charge in [-0.2, -0.15) is 10.5 Å². The fourth-order valence-electron chi connectivity index (χ4n) is 1.50. The lowest BCUT2D eigenvalue weighted by molar-refractivity contribution is 0.0602. The molecule has 1 heterocycles. The molecule has 0 bridgehead atoms. The Morgan fingerprint density at radius 1 is 1.57 bits per heavy atom. The molecule has 9 heteroatoms. The lowest BCUT2D eigenvalue weighted by atomic mass is 10.2. The molecule has 1 aromatic carbocycles. The molecule has 0 atom stereocenters. The van der Waals surface area contributed by atoms with Crippen molar-refractivity contribution in [3.05, 3.63) is 40.3 Å². The quantitative estimate of drug-likeness (QED) is 0.638. The summed E-state index contributed by atoms with van der Waals surface area (Å²) in [4.78, 5) is 11.7. The number of aromatic amines is 1. The first-order chi connectivity index (χ1) is 10.2. The number of allylic oxidation sites excluding steroid dienone is 1. The molecule has 2 N–H and O–H groups in total. The molecule has 2 rings (SSSR count). The highest BCUT2D eigenvalue weighted by Crippen LogP contribution is 2.23. The Morgan fingerprint density at radius 2 is 2.38 bits per heavy atom. The molecule has 21 heavy (non-hydrogen) atoms. The van der Waals surface area contributed by atoms with Gasteiger partial charge in [-0.15, -0.1) is 10.2 Å². The zero-order valence-electron chi connectivity index (χ0n) is 10.8. The molecule has 0 fully saturated rings. The van der Waals surface area contributed by atoms with E-state index in [1.165, 1.54) is 13.3 Å². The normalized spacial score (nSPS) is 10.8. The Bertz CT molecular complexity index is 720. The van der Waals surface area contributed by atoms with Gasteiger partial charge in [-0.05, 0) is 23.4 Å². The number of benzene rings is 1. The Morgan fingerprint density at radius 3 is 3.00 bits per heavy atom. The second kappa shape index (κ2) is 6.62. The van der Waals surface area contributed by atoms with Gasteiger partial charge in [0.05, 0.1) is 18.4 Å². The molecule has 2 aromatic rings. The molecular weight excluding hydrogens is 340 g/mol. The third-order valence-electron chi connectivity index (χ3n) is 2.47. The molecule has 0 aliphatic carbocycles. The van der Waals surface area contributed by atoms with E-state index in [4.69, 9.17) is 10.00 Å². The number of hydrogen-bond donors (Lipinski definition) is 2. The molecule has 0 saturated carbocycles. The van der Waals surface area contributed by atoms with Crippen molar-refractivity contribution >= 4 is 33.2 Å². The van der Waals surface area contributed by atoms with Crippen molar-refractivity contribution in [2.75, 3.05) is 12.4 Å². The number of carbonyl (C=O) groups excluding carboxylic acids is 1. The monoisotopic (exact) mass is 348 g/mol. The number of ether oxygens (including phenoxy) is 1. The summed E-state index contributed by atoms with van der Waals surface area (Å²) >= 11 is 3.31. The number of aromatic nitrogens is 4. The number of nitriles is 1. The van der Waals surface area contributed by atoms with Crippen LogP contribution in [-0.4, -0.2) is 33.7 Å². The van der Waals surface area contributed by atoms with Gasteiger partial charge >= 0.3 is 5.97 Å². The van der Waals surface area contributed by atoms with Gasteiger partial charge in [-0.25, -0.2) is 4.79 Å². The maximum atomic E-state index is 11.7. The summed E-state index contributed by atoms with van der Waals surface area (Å²) in [7, 11) is 1.30. The topological polar surface area (TPSA) is 117 Å². The zero-order chi connectivity index (χ0) is 15.2. The van der Waals surface area contributed by atoms with E-state index in [9.17, 15) is 4.79 Å². The van der Waals surface area contributed by atoms with Crippen LogP contribution >= 0.6 is 15.9 Å². The fraction of sp³-hybridized carbons (Fsp3) is 0.0833. The SMILES string of the molecule is COC(=O)c1ccc(Br)cc1NC=C(C#N)c1nn[nH]n1. The molecule has 1 aromatic heterocycles. The van der Waals surface area contributed by atoms with Gasteiger partial charge in [-0.3, -0.25) is 0 Å². The van der Waals surface area contributed by atoms with Gasteiger partial charge in [0.1, 0.15) is 11.6 Å². The number of rotatable bonds is 4. The lowest BCUT2D eigenvalue weighted by Crippen LogP contribution is -2.05. The number of nitrogens with one attached hydrogen (secondary N) is 2. The maximum absolute atomic E-state index is 11.7. The standard InChI is InChI=1S/C12H9BrN6O2/c1-21-12(20)9-3-2-8(13)4-10(9)15-6-7(5-14)11-16-18-19-17-11/h2-4,6,15H,1H3,(H,16,17,18,19). The van der Waals surface area contributed by atoms with Gasteiger partial charge in [0.2, 0.25) is 5.82 Å². The van der Waals surface area contributed by atoms with Crippen molar-refractivity contribution in [2.45, 2.75) is 0 Å². The fourth-order valence-corrected chi connectivity index (χ4v) is 1.86. The molecule has 0 aliphatic rings. The number of nitrogens with zero attached hydrogens (tertiary/aromatic N) is 4. The van der Waals surface area contributed by atoms with Crippen LogP contribution in [0, 0.1) is 11.3 Å². The van der Waals surface area contributed by atoms with Crippen molar-refractivity contribution in [1.29, 1.82) is 5.26 Å². The predicted octanol–water partition coefficient (Wildman–Crippen LogP) is 1.73. The number of anilines is 1. The number of esters is 1. The van der Waals surface area contributed by atoms with Crippen molar-refractivity contribution in [1.82, 2.24) is 20.6 Å². The molecule has 0 unspecified atom stereocenters. The van der Waals surface area contributed by atoms with Crippen LogP contribution in [0.4, 0.5) is 5.69 Å². The molecule has 0 spiro atoms. The van der Waals surface area contributed by atoms with Crippen LogP contribution in [0.3, 0.4) is 0 Å². The Balaban J connectivity index is 2.33. The van der Waals surface area contributed by atoms with E-state index in [0.717, 1.165) is 4.47 Å². The summed E-state index contributed by atoms with van der Waals surface area (Å²) in [6.45, 7) is 0. The number of methoxy groups -OCH3 is 1. The van der Waals surface area contributed by atoms with E-state index in [1.54, 1.807) is 18.2 Å². The summed E-state index contributed by atoms with van der Waals surface area (Å²) in [5, 5.41) is 25.0.